The van der Waals surface area contributed by atoms with Crippen LogP contribution in [0.2, 0.25) is 0 Å². The van der Waals surface area contributed by atoms with Crippen molar-refractivity contribution in [3.8, 4) is 0 Å². The molecule has 0 saturated carbocycles. The molecule has 1 rings (SSSR count). The molecule has 0 aromatic carbocycles. The summed E-state index contributed by atoms with van der Waals surface area (Å²) in [4.78, 5) is 0. The summed E-state index contributed by atoms with van der Waals surface area (Å²) in [5.74, 6) is 0.692. The summed E-state index contributed by atoms with van der Waals surface area (Å²) in [6.07, 6.45) is 4.23. The molecule has 44 valence electrons. The largest absolute Gasteiger partial charge is 0.126 e. The van der Waals surface area contributed by atoms with Crippen molar-refractivity contribution in [2.24, 2.45) is 5.92 Å². The highest BCUT2D eigenvalue weighted by molar-refractivity contribution is 8.03. The van der Waals surface area contributed by atoms with E-state index in [1.54, 1.807) is 0 Å². The second-order valence-corrected chi connectivity index (χ2v) is 3.11. The van der Waals surface area contributed by atoms with Crippen LogP contribution in [0.25, 0.3) is 0 Å². The van der Waals surface area contributed by atoms with Gasteiger partial charge in [0.05, 0.1) is 0 Å². The second-order valence-electron chi connectivity index (χ2n) is 2.02. The summed E-state index contributed by atoms with van der Waals surface area (Å²) in [6, 6.07) is 0. The lowest BCUT2D eigenvalue weighted by atomic mass is 10.1. The quantitative estimate of drug-likeness (QED) is 0.486. The predicted octanol–water partition coefficient (Wildman–Crippen LogP) is 2.44. The normalized spacial score (nSPS) is 35.6. The third-order valence-electron chi connectivity index (χ3n) is 1.37. The zero-order valence-corrected chi connectivity index (χ0v) is 5.82. The maximum absolute atomic E-state index is 3.73. The van der Waals surface area contributed by atoms with Crippen LogP contribution in [0.1, 0.15) is 6.92 Å². The smallest absolute Gasteiger partial charge is 0.0326 e. The molecule has 1 aliphatic heterocycles. The van der Waals surface area contributed by atoms with Crippen molar-refractivity contribution in [3.63, 3.8) is 0 Å². The highest BCUT2D eigenvalue weighted by Gasteiger charge is 2.14. The Labute approximate surface area is 54.7 Å². The number of rotatable bonds is 1. The maximum atomic E-state index is 3.73. The molecule has 0 fully saturated rings. The van der Waals surface area contributed by atoms with E-state index in [0.717, 1.165) is 0 Å². The van der Waals surface area contributed by atoms with E-state index in [1.165, 1.54) is 0 Å². The molecule has 0 spiro atoms. The molecule has 0 N–H and O–H groups in total. The minimum atomic E-state index is 0.634. The minimum absolute atomic E-state index is 0.634. The molecule has 0 nitrogen and oxygen atoms in total. The topological polar surface area (TPSA) is 0 Å². The van der Waals surface area contributed by atoms with Gasteiger partial charge in [-0.05, 0) is 11.3 Å². The Morgan fingerprint density at radius 2 is 2.50 bits per heavy atom. The van der Waals surface area contributed by atoms with Crippen LogP contribution in [-0.2, 0) is 0 Å². The van der Waals surface area contributed by atoms with Gasteiger partial charge in [0.1, 0.15) is 0 Å². The summed E-state index contributed by atoms with van der Waals surface area (Å²) in [6.45, 7) is 5.94. The fourth-order valence-corrected chi connectivity index (χ4v) is 1.73. The molecule has 1 heterocycles. The molecule has 1 unspecified atom stereocenters. The van der Waals surface area contributed by atoms with Crippen molar-refractivity contribution in [2.75, 3.05) is 0 Å². The zero-order valence-electron chi connectivity index (χ0n) is 5.00. The van der Waals surface area contributed by atoms with Crippen LogP contribution in [0, 0.1) is 5.92 Å². The summed E-state index contributed by atoms with van der Waals surface area (Å²) in [5, 5.41) is 2.78. The van der Waals surface area contributed by atoms with Crippen molar-refractivity contribution in [3.05, 3.63) is 24.1 Å². The Morgan fingerprint density at radius 3 is 2.75 bits per heavy atom. The average molecular weight is 126 g/mol. The van der Waals surface area contributed by atoms with E-state index >= 15 is 0 Å². The van der Waals surface area contributed by atoms with E-state index in [2.05, 4.69) is 25.0 Å². The highest BCUT2D eigenvalue weighted by Crippen LogP contribution is 2.29. The van der Waals surface area contributed by atoms with Crippen molar-refractivity contribution >= 4 is 11.8 Å². The first-order chi connectivity index (χ1) is 3.84. The number of hydrogen-bond acceptors (Lipinski definition) is 1. The molecule has 0 aliphatic carbocycles. The fourth-order valence-electron chi connectivity index (χ4n) is 0.764. The van der Waals surface area contributed by atoms with E-state index in [1.807, 2.05) is 17.8 Å². The van der Waals surface area contributed by atoms with Crippen LogP contribution in [0.5, 0.6) is 0 Å². The van der Waals surface area contributed by atoms with E-state index in [4.69, 9.17) is 0 Å². The average Bonchev–Trinajstić information content (AvgIpc) is 2.14. The monoisotopic (exact) mass is 126 g/mol. The Morgan fingerprint density at radius 1 is 1.75 bits per heavy atom. The van der Waals surface area contributed by atoms with Gasteiger partial charge in [-0.15, -0.1) is 18.3 Å². The highest BCUT2D eigenvalue weighted by atomic mass is 32.2. The van der Waals surface area contributed by atoms with Crippen LogP contribution in [0.3, 0.4) is 0 Å². The van der Waals surface area contributed by atoms with Crippen LogP contribution < -0.4 is 0 Å². The number of hydrogen-bond donors (Lipinski definition) is 0. The van der Waals surface area contributed by atoms with Crippen molar-refractivity contribution in [1.82, 2.24) is 0 Å². The molecular formula is C7H10S. The Hall–Kier alpha value is -0.170. The second kappa shape index (κ2) is 2.40. The van der Waals surface area contributed by atoms with Gasteiger partial charge in [-0.2, -0.15) is 0 Å². The van der Waals surface area contributed by atoms with E-state index in [9.17, 15) is 0 Å². The first-order valence-electron chi connectivity index (χ1n) is 2.79. The summed E-state index contributed by atoms with van der Waals surface area (Å²) in [7, 11) is 0. The van der Waals surface area contributed by atoms with Gasteiger partial charge in [0.25, 0.3) is 0 Å². The number of thioether (sulfide) groups is 1. The van der Waals surface area contributed by atoms with Gasteiger partial charge in [-0.1, -0.05) is 19.1 Å². The third-order valence-corrected chi connectivity index (χ3v) is 2.62. The lowest BCUT2D eigenvalue weighted by Crippen LogP contribution is -2.01. The van der Waals surface area contributed by atoms with Gasteiger partial charge in [0.2, 0.25) is 0 Å². The zero-order chi connectivity index (χ0) is 5.98. The standard InChI is InChI=1S/C7H10S/c1-3-7-6(2)4-5-8-7/h3-7H,1H2,2H3/t6?,7-/m0/s1. The van der Waals surface area contributed by atoms with Gasteiger partial charge < -0.3 is 0 Å². The predicted molar refractivity (Wildman–Crippen MR) is 39.9 cm³/mol. The van der Waals surface area contributed by atoms with Gasteiger partial charge in [-0.3, -0.25) is 0 Å². The first-order valence-corrected chi connectivity index (χ1v) is 3.73. The van der Waals surface area contributed by atoms with Crippen LogP contribution in [0.15, 0.2) is 24.1 Å². The van der Waals surface area contributed by atoms with E-state index in [0.29, 0.717) is 11.2 Å². The molecule has 1 aliphatic rings. The summed E-state index contributed by atoms with van der Waals surface area (Å²) in [5.41, 5.74) is 0. The van der Waals surface area contributed by atoms with Crippen LogP contribution in [-0.4, -0.2) is 5.25 Å². The summed E-state index contributed by atoms with van der Waals surface area (Å²) < 4.78 is 0. The SMILES string of the molecule is C=C[C@@H]1SC=CC1C. The number of allylic oxidation sites excluding steroid dienone is 1. The molecule has 0 aromatic heterocycles. The Kier molecular flexibility index (Phi) is 1.79. The van der Waals surface area contributed by atoms with Gasteiger partial charge >= 0.3 is 0 Å². The lowest BCUT2D eigenvalue weighted by Gasteiger charge is -2.05. The van der Waals surface area contributed by atoms with Crippen LogP contribution >= 0.6 is 11.8 Å². The molecule has 0 saturated heterocycles. The van der Waals surface area contributed by atoms with Gasteiger partial charge in [0, 0.05) is 5.25 Å². The minimum Gasteiger partial charge on any atom is -0.126 e. The maximum Gasteiger partial charge on any atom is 0.0326 e. The molecule has 0 radical (unpaired) electrons. The molecular weight excluding hydrogens is 116 g/mol. The molecule has 2 atom stereocenters. The van der Waals surface area contributed by atoms with E-state index < -0.39 is 0 Å². The third kappa shape index (κ3) is 0.972. The van der Waals surface area contributed by atoms with Crippen molar-refractivity contribution < 1.29 is 0 Å². The van der Waals surface area contributed by atoms with Gasteiger partial charge in [0.15, 0.2) is 0 Å². The van der Waals surface area contributed by atoms with Crippen molar-refractivity contribution in [1.29, 1.82) is 0 Å². The van der Waals surface area contributed by atoms with E-state index in [-0.39, 0.29) is 0 Å². The molecule has 8 heavy (non-hydrogen) atoms. The fraction of sp³-hybridized carbons (Fsp3) is 0.429. The molecule has 0 aromatic rings. The first kappa shape index (κ1) is 5.96. The summed E-state index contributed by atoms with van der Waals surface area (Å²) >= 11 is 1.85. The van der Waals surface area contributed by atoms with Crippen molar-refractivity contribution in [2.45, 2.75) is 12.2 Å². The lowest BCUT2D eigenvalue weighted by molar-refractivity contribution is 0.775. The van der Waals surface area contributed by atoms with Gasteiger partial charge in [-0.25, -0.2) is 0 Å². The molecule has 0 bridgehead atoms. The van der Waals surface area contributed by atoms with Crippen LogP contribution in [0.4, 0.5) is 0 Å². The molecule has 1 heteroatoms. The Bertz CT molecular complexity index is 116. The molecule has 0 amide bonds. The Balaban J connectivity index is 2.50.